The molecule has 4 aromatic rings. The SMILES string of the molecule is O=c1c2sccc2nc(SCc2ccncc2)n1Cc1ccc2c(c1)OCO2. The molecule has 8 heteroatoms. The van der Waals surface area contributed by atoms with Crippen LogP contribution in [0.15, 0.2) is 64.1 Å². The van der Waals surface area contributed by atoms with Gasteiger partial charge >= 0.3 is 0 Å². The molecule has 0 aliphatic carbocycles. The maximum Gasteiger partial charge on any atom is 0.272 e. The van der Waals surface area contributed by atoms with Crippen molar-refractivity contribution in [2.45, 2.75) is 17.5 Å². The van der Waals surface area contributed by atoms with Crippen molar-refractivity contribution >= 4 is 33.3 Å². The van der Waals surface area contributed by atoms with Crippen LogP contribution in [0.5, 0.6) is 11.5 Å². The van der Waals surface area contributed by atoms with Crippen LogP contribution < -0.4 is 15.0 Å². The number of hydrogen-bond acceptors (Lipinski definition) is 7. The van der Waals surface area contributed by atoms with Crippen LogP contribution >= 0.6 is 23.1 Å². The van der Waals surface area contributed by atoms with Crippen molar-refractivity contribution in [2.24, 2.45) is 0 Å². The molecule has 3 aromatic heterocycles. The van der Waals surface area contributed by atoms with Gasteiger partial charge < -0.3 is 9.47 Å². The summed E-state index contributed by atoms with van der Waals surface area (Å²) in [5, 5.41) is 2.60. The fourth-order valence-corrected chi connectivity index (χ4v) is 4.75. The summed E-state index contributed by atoms with van der Waals surface area (Å²) in [5.74, 6) is 2.16. The molecule has 0 saturated carbocycles. The van der Waals surface area contributed by atoms with E-state index in [2.05, 4.69) is 4.98 Å². The lowest BCUT2D eigenvalue weighted by atomic mass is 10.2. The first kappa shape index (κ1) is 17.3. The third-order valence-corrected chi connectivity index (χ3v) is 6.36. The number of benzene rings is 1. The number of rotatable bonds is 5. The van der Waals surface area contributed by atoms with Gasteiger partial charge in [-0.05, 0) is 46.8 Å². The summed E-state index contributed by atoms with van der Waals surface area (Å²) in [7, 11) is 0. The Balaban J connectivity index is 1.52. The van der Waals surface area contributed by atoms with Crippen molar-refractivity contribution in [1.29, 1.82) is 0 Å². The highest BCUT2D eigenvalue weighted by Gasteiger charge is 2.16. The van der Waals surface area contributed by atoms with Gasteiger partial charge in [-0.2, -0.15) is 0 Å². The molecule has 1 aliphatic rings. The lowest BCUT2D eigenvalue weighted by molar-refractivity contribution is 0.174. The van der Waals surface area contributed by atoms with Gasteiger partial charge in [0.05, 0.1) is 12.1 Å². The molecule has 4 heterocycles. The van der Waals surface area contributed by atoms with Gasteiger partial charge in [0.25, 0.3) is 5.56 Å². The average molecular weight is 409 g/mol. The first-order chi connectivity index (χ1) is 13.8. The molecule has 0 atom stereocenters. The summed E-state index contributed by atoms with van der Waals surface area (Å²) in [5.41, 5.74) is 2.83. The minimum atomic E-state index is -0.0186. The molecule has 0 radical (unpaired) electrons. The first-order valence-electron chi connectivity index (χ1n) is 8.66. The zero-order chi connectivity index (χ0) is 18.9. The highest BCUT2D eigenvalue weighted by molar-refractivity contribution is 7.98. The average Bonchev–Trinajstić information content (AvgIpc) is 3.38. The van der Waals surface area contributed by atoms with E-state index in [1.807, 2.05) is 41.8 Å². The third-order valence-electron chi connectivity index (χ3n) is 4.43. The second-order valence-corrected chi connectivity index (χ2v) is 8.11. The van der Waals surface area contributed by atoms with Gasteiger partial charge in [-0.3, -0.25) is 14.3 Å². The van der Waals surface area contributed by atoms with Gasteiger partial charge in [0, 0.05) is 18.1 Å². The first-order valence-corrected chi connectivity index (χ1v) is 10.5. The Hall–Kier alpha value is -2.84. The van der Waals surface area contributed by atoms with E-state index in [0.717, 1.165) is 22.4 Å². The van der Waals surface area contributed by atoms with E-state index in [4.69, 9.17) is 14.5 Å². The summed E-state index contributed by atoms with van der Waals surface area (Å²) < 4.78 is 13.3. The molecule has 6 nitrogen and oxygen atoms in total. The van der Waals surface area contributed by atoms with Crippen molar-refractivity contribution < 1.29 is 9.47 Å². The monoisotopic (exact) mass is 409 g/mol. The molecule has 0 bridgehead atoms. The predicted molar refractivity (Wildman–Crippen MR) is 109 cm³/mol. The van der Waals surface area contributed by atoms with Gasteiger partial charge in [0.1, 0.15) is 4.70 Å². The molecule has 0 unspecified atom stereocenters. The van der Waals surface area contributed by atoms with Gasteiger partial charge in [-0.15, -0.1) is 11.3 Å². The molecule has 0 N–H and O–H groups in total. The van der Waals surface area contributed by atoms with Gasteiger partial charge in [0.15, 0.2) is 16.7 Å². The number of hydrogen-bond donors (Lipinski definition) is 0. The second-order valence-electron chi connectivity index (χ2n) is 6.25. The van der Waals surface area contributed by atoms with E-state index in [-0.39, 0.29) is 12.4 Å². The maximum absolute atomic E-state index is 13.1. The number of thioether (sulfide) groups is 1. The lowest BCUT2D eigenvalue weighted by Crippen LogP contribution is -2.23. The molecule has 0 spiro atoms. The van der Waals surface area contributed by atoms with Crippen LogP contribution in [0.1, 0.15) is 11.1 Å². The third kappa shape index (κ3) is 3.25. The van der Waals surface area contributed by atoms with Crippen molar-refractivity contribution in [1.82, 2.24) is 14.5 Å². The highest BCUT2D eigenvalue weighted by atomic mass is 32.2. The fraction of sp³-hybridized carbons (Fsp3) is 0.150. The number of pyridine rings is 1. The van der Waals surface area contributed by atoms with Gasteiger partial charge in [-0.1, -0.05) is 17.8 Å². The smallest absolute Gasteiger partial charge is 0.272 e. The van der Waals surface area contributed by atoms with E-state index in [1.54, 1.807) is 28.7 Å². The Bertz CT molecular complexity index is 1200. The minimum absolute atomic E-state index is 0.0186. The van der Waals surface area contributed by atoms with E-state index >= 15 is 0 Å². The van der Waals surface area contributed by atoms with Crippen LogP contribution in [0.2, 0.25) is 0 Å². The van der Waals surface area contributed by atoms with Crippen LogP contribution in [0.25, 0.3) is 10.2 Å². The molecule has 5 rings (SSSR count). The molecule has 1 aromatic carbocycles. The van der Waals surface area contributed by atoms with Crippen molar-refractivity contribution in [3.63, 3.8) is 0 Å². The Kier molecular flexibility index (Phi) is 4.50. The molecule has 140 valence electrons. The number of aromatic nitrogens is 3. The normalized spacial score (nSPS) is 12.6. The Morgan fingerprint density at radius 1 is 1.07 bits per heavy atom. The summed E-state index contributed by atoms with van der Waals surface area (Å²) in [6.45, 7) is 0.656. The Morgan fingerprint density at radius 2 is 1.93 bits per heavy atom. The number of fused-ring (bicyclic) bond motifs is 2. The lowest BCUT2D eigenvalue weighted by Gasteiger charge is -2.12. The van der Waals surface area contributed by atoms with Crippen LogP contribution in [0.4, 0.5) is 0 Å². The number of ether oxygens (including phenoxy) is 2. The van der Waals surface area contributed by atoms with E-state index in [1.165, 1.54) is 11.3 Å². The molecule has 28 heavy (non-hydrogen) atoms. The molecule has 0 fully saturated rings. The van der Waals surface area contributed by atoms with Gasteiger partial charge in [-0.25, -0.2) is 4.98 Å². The Labute approximate surface area is 168 Å². The zero-order valence-electron chi connectivity index (χ0n) is 14.7. The maximum atomic E-state index is 13.1. The van der Waals surface area contributed by atoms with Crippen LogP contribution in [0.3, 0.4) is 0 Å². The summed E-state index contributed by atoms with van der Waals surface area (Å²) in [4.78, 5) is 21.9. The topological polar surface area (TPSA) is 66.2 Å². The van der Waals surface area contributed by atoms with E-state index in [0.29, 0.717) is 27.9 Å². The van der Waals surface area contributed by atoms with Crippen LogP contribution in [-0.4, -0.2) is 21.3 Å². The number of thiophene rings is 1. The van der Waals surface area contributed by atoms with Crippen LogP contribution in [-0.2, 0) is 12.3 Å². The zero-order valence-corrected chi connectivity index (χ0v) is 16.3. The van der Waals surface area contributed by atoms with Crippen molar-refractivity contribution in [2.75, 3.05) is 6.79 Å². The summed E-state index contributed by atoms with van der Waals surface area (Å²) in [6, 6.07) is 11.6. The van der Waals surface area contributed by atoms with Crippen molar-refractivity contribution in [3.05, 3.63) is 75.7 Å². The molecular formula is C20H15N3O3S2. The molecular weight excluding hydrogens is 394 g/mol. The standard InChI is InChI=1S/C20H15N3O3S2/c24-19-18-15(5-8-27-18)22-20(28-11-13-3-6-21-7-4-13)23(19)10-14-1-2-16-17(9-14)26-12-25-16/h1-9H,10-12H2. The van der Waals surface area contributed by atoms with E-state index in [9.17, 15) is 4.79 Å². The molecule has 1 aliphatic heterocycles. The molecule has 0 amide bonds. The van der Waals surface area contributed by atoms with Gasteiger partial charge in [0.2, 0.25) is 6.79 Å². The molecule has 0 saturated heterocycles. The fourth-order valence-electron chi connectivity index (χ4n) is 3.02. The second kappa shape index (κ2) is 7.29. The summed E-state index contributed by atoms with van der Waals surface area (Å²) in [6.07, 6.45) is 3.54. The highest BCUT2D eigenvalue weighted by Crippen LogP contribution is 2.33. The largest absolute Gasteiger partial charge is 0.454 e. The Morgan fingerprint density at radius 3 is 2.82 bits per heavy atom. The van der Waals surface area contributed by atoms with Crippen molar-refractivity contribution in [3.8, 4) is 11.5 Å². The van der Waals surface area contributed by atoms with E-state index < -0.39 is 0 Å². The predicted octanol–water partition coefficient (Wildman–Crippen LogP) is 3.92. The number of nitrogens with zero attached hydrogens (tertiary/aromatic N) is 3. The summed E-state index contributed by atoms with van der Waals surface area (Å²) >= 11 is 2.97. The van der Waals surface area contributed by atoms with Crippen LogP contribution in [0, 0.1) is 0 Å². The minimum Gasteiger partial charge on any atom is -0.454 e. The quantitative estimate of drug-likeness (QED) is 0.368.